The topological polar surface area (TPSA) is 57.2 Å². The largest absolute Gasteiger partial charge is 0.748 e. The predicted octanol–water partition coefficient (Wildman–Crippen LogP) is -1.37. The van der Waals surface area contributed by atoms with Gasteiger partial charge in [0.25, 0.3) is 0 Å². The quantitative estimate of drug-likeness (QED) is 0.382. The Hall–Kier alpha value is 0.200. The van der Waals surface area contributed by atoms with Crippen LogP contribution < -0.4 is 0 Å². The van der Waals surface area contributed by atoms with E-state index in [0.29, 0.717) is 6.26 Å². The van der Waals surface area contributed by atoms with Crippen molar-refractivity contribution in [1.29, 1.82) is 0 Å². The molecule has 0 aliphatic rings. The third-order valence-electron chi connectivity index (χ3n) is 0. The molecule has 5 heteroatoms. The molecule has 0 unspecified atom stereocenters. The molecule has 40 valence electrons. The molecule has 0 atom stereocenters. The molecule has 0 aliphatic carbocycles. The summed E-state index contributed by atoms with van der Waals surface area (Å²) in [6.07, 6.45) is 0.604. The second-order valence-corrected chi connectivity index (χ2v) is 2.11. The Morgan fingerprint density at radius 1 is 1.50 bits per heavy atom. The highest BCUT2D eigenvalue weighted by atomic mass is 35.5. The van der Waals surface area contributed by atoms with Crippen LogP contribution in [-0.4, -0.2) is 19.2 Å². The van der Waals surface area contributed by atoms with Gasteiger partial charge in [0.15, 0.2) is 0 Å². The maximum absolute atomic E-state index is 9.08. The van der Waals surface area contributed by atoms with E-state index in [4.69, 9.17) is 13.0 Å². The fourth-order valence-electron chi connectivity index (χ4n) is 0. The lowest BCUT2D eigenvalue weighted by atomic mass is 12.0. The van der Waals surface area contributed by atoms with Crippen LogP contribution >= 0.6 is 0 Å². The highest BCUT2D eigenvalue weighted by Crippen LogP contribution is 1.59. The van der Waals surface area contributed by atoms with E-state index in [-0.39, 0.29) is 12.4 Å². The van der Waals surface area contributed by atoms with E-state index in [1.165, 1.54) is 0 Å². The summed E-state index contributed by atoms with van der Waals surface area (Å²) >= 11 is 0. The maximum Gasteiger partial charge on any atom is 0.0916 e. The van der Waals surface area contributed by atoms with E-state index in [9.17, 15) is 0 Å². The SMILES string of the molecule is CS(=O)(=O)[O-].[ClH2+]. The second kappa shape index (κ2) is 2.39. The van der Waals surface area contributed by atoms with Crippen LogP contribution in [0.5, 0.6) is 0 Å². The van der Waals surface area contributed by atoms with Crippen molar-refractivity contribution in [3.8, 4) is 0 Å². The van der Waals surface area contributed by atoms with Gasteiger partial charge < -0.3 is 4.55 Å². The molecule has 0 spiro atoms. The van der Waals surface area contributed by atoms with Crippen molar-refractivity contribution >= 4 is 10.1 Å². The molecule has 0 N–H and O–H groups in total. The minimum Gasteiger partial charge on any atom is -0.748 e. The lowest BCUT2D eigenvalue weighted by molar-refractivity contribution is -0.00000557. The van der Waals surface area contributed by atoms with Gasteiger partial charge in [0.2, 0.25) is 0 Å². The molecule has 0 heterocycles. The van der Waals surface area contributed by atoms with Gasteiger partial charge in [-0.05, 0) is 0 Å². The van der Waals surface area contributed by atoms with Crippen molar-refractivity contribution in [2.75, 3.05) is 6.26 Å². The third-order valence-corrected chi connectivity index (χ3v) is 0. The van der Waals surface area contributed by atoms with Gasteiger partial charge in [-0.25, -0.2) is 8.42 Å². The molecule has 0 amide bonds. The van der Waals surface area contributed by atoms with Crippen molar-refractivity contribution in [3.05, 3.63) is 0 Å². The maximum atomic E-state index is 9.08. The Kier molecular flexibility index (Phi) is 3.78. The summed E-state index contributed by atoms with van der Waals surface area (Å²) in [6.45, 7) is 0. The molecule has 0 aromatic carbocycles. The molecular weight excluding hydrogens is 128 g/mol. The Balaban J connectivity index is 0. The van der Waals surface area contributed by atoms with E-state index < -0.39 is 10.1 Å². The van der Waals surface area contributed by atoms with Crippen LogP contribution in [-0.2, 0) is 10.1 Å². The third kappa shape index (κ3) is 1080. The first kappa shape index (κ1) is 9.50. The summed E-state index contributed by atoms with van der Waals surface area (Å²) in [5, 5.41) is 0. The molecular formula is CH5ClO3S. The Labute approximate surface area is 42.5 Å². The number of hydrogen-bond donors (Lipinski definition) is 0. The smallest absolute Gasteiger partial charge is 0.0916 e. The zero-order valence-electron chi connectivity index (χ0n) is 3.08. The molecule has 3 nitrogen and oxygen atoms in total. The highest BCUT2D eigenvalue weighted by Gasteiger charge is 1.65. The Bertz CT molecular complexity index is 94.0. The first-order valence-corrected chi connectivity index (χ1v) is 2.72. The van der Waals surface area contributed by atoms with Crippen LogP contribution in [0.2, 0.25) is 0 Å². The normalized spacial score (nSPS) is 9.67. The van der Waals surface area contributed by atoms with Crippen LogP contribution in [0.4, 0.5) is 0 Å². The molecule has 0 aliphatic heterocycles. The lowest BCUT2D eigenvalue weighted by Crippen LogP contribution is -1.88. The van der Waals surface area contributed by atoms with Gasteiger partial charge in [0.05, 0.1) is 22.5 Å². The Morgan fingerprint density at radius 3 is 1.50 bits per heavy atom. The summed E-state index contributed by atoms with van der Waals surface area (Å²) in [5.74, 6) is 0. The summed E-state index contributed by atoms with van der Waals surface area (Å²) < 4.78 is 27.2. The van der Waals surface area contributed by atoms with Gasteiger partial charge in [-0.3, -0.25) is 0 Å². The fraction of sp³-hybridized carbons (Fsp3) is 1.00. The standard InChI is InChI=1S/CH4O3S.ClH2/c1-5(2,3)4;/h1H3,(H,2,3,4);1H2/q;+1/p-1. The van der Waals surface area contributed by atoms with Gasteiger partial charge in [0.1, 0.15) is 0 Å². The van der Waals surface area contributed by atoms with Crippen molar-refractivity contribution in [3.63, 3.8) is 0 Å². The Morgan fingerprint density at radius 2 is 1.50 bits per heavy atom. The van der Waals surface area contributed by atoms with E-state index in [1.54, 1.807) is 0 Å². The van der Waals surface area contributed by atoms with Gasteiger partial charge in [-0.2, -0.15) is 0 Å². The second-order valence-electron chi connectivity index (χ2n) is 0.704. The van der Waals surface area contributed by atoms with Crippen molar-refractivity contribution in [2.24, 2.45) is 0 Å². The number of rotatable bonds is 0. The zero-order valence-corrected chi connectivity index (χ0v) is 4.79. The van der Waals surface area contributed by atoms with E-state index in [2.05, 4.69) is 0 Å². The summed E-state index contributed by atoms with van der Waals surface area (Å²) in [6, 6.07) is 0. The van der Waals surface area contributed by atoms with Crippen LogP contribution in [0.1, 0.15) is 0 Å². The molecule has 6 heavy (non-hydrogen) atoms. The number of hydrogen-bond acceptors (Lipinski definition) is 3. The molecule has 0 aromatic rings. The minimum absolute atomic E-state index is 0. The van der Waals surface area contributed by atoms with Crippen LogP contribution in [0, 0.1) is 12.4 Å². The first-order valence-electron chi connectivity index (χ1n) is 0.908. The van der Waals surface area contributed by atoms with E-state index in [0.717, 1.165) is 0 Å². The molecule has 0 aromatic heterocycles. The molecule has 0 radical (unpaired) electrons. The van der Waals surface area contributed by atoms with Crippen molar-refractivity contribution in [1.82, 2.24) is 0 Å². The summed E-state index contributed by atoms with van der Waals surface area (Å²) in [7, 11) is -3.92. The van der Waals surface area contributed by atoms with Gasteiger partial charge >= 0.3 is 0 Å². The zero-order chi connectivity index (χ0) is 4.50. The first-order chi connectivity index (χ1) is 2.00. The highest BCUT2D eigenvalue weighted by molar-refractivity contribution is 7.84. The van der Waals surface area contributed by atoms with Gasteiger partial charge in [0, 0.05) is 6.26 Å². The van der Waals surface area contributed by atoms with Crippen molar-refractivity contribution < 1.29 is 25.4 Å². The van der Waals surface area contributed by atoms with E-state index >= 15 is 0 Å². The fourth-order valence-corrected chi connectivity index (χ4v) is 0. The van der Waals surface area contributed by atoms with Crippen LogP contribution in [0.25, 0.3) is 0 Å². The molecule has 0 saturated heterocycles. The molecule has 0 rings (SSSR count). The summed E-state index contributed by atoms with van der Waals surface area (Å²) in [4.78, 5) is 0. The van der Waals surface area contributed by atoms with Gasteiger partial charge in [-0.15, -0.1) is 0 Å². The molecule has 0 fully saturated rings. The van der Waals surface area contributed by atoms with E-state index in [1.807, 2.05) is 0 Å². The van der Waals surface area contributed by atoms with Gasteiger partial charge in [-0.1, -0.05) is 0 Å². The van der Waals surface area contributed by atoms with Crippen LogP contribution in [0.15, 0.2) is 0 Å². The predicted molar refractivity (Wildman–Crippen MR) is 18.4 cm³/mol. The average molecular weight is 133 g/mol. The monoisotopic (exact) mass is 132 g/mol. The molecule has 0 bridgehead atoms. The summed E-state index contributed by atoms with van der Waals surface area (Å²) in [5.41, 5.74) is 0. The van der Waals surface area contributed by atoms with Crippen molar-refractivity contribution in [2.45, 2.75) is 0 Å². The minimum atomic E-state index is -3.92. The molecule has 0 saturated carbocycles. The lowest BCUT2D eigenvalue weighted by Gasteiger charge is -1.90. The number of halogens is 1. The average Bonchev–Trinajstić information content (AvgIpc) is 0.722. The van der Waals surface area contributed by atoms with Crippen LogP contribution in [0.3, 0.4) is 0 Å².